The number of rotatable bonds is 6. The maximum absolute atomic E-state index is 11.4. The van der Waals surface area contributed by atoms with Crippen LogP contribution in [0.5, 0.6) is 0 Å². The van der Waals surface area contributed by atoms with Crippen molar-refractivity contribution in [2.45, 2.75) is 18.9 Å². The van der Waals surface area contributed by atoms with E-state index in [4.69, 9.17) is 10.2 Å². The molecule has 0 saturated carbocycles. The Morgan fingerprint density at radius 2 is 1.88 bits per heavy atom. The van der Waals surface area contributed by atoms with E-state index in [9.17, 15) is 9.59 Å². The van der Waals surface area contributed by atoms with E-state index in [1.165, 1.54) is 0 Å². The molecule has 5 heteroatoms. The fraction of sp³-hybridized carbons (Fsp3) is 0.333. The summed E-state index contributed by atoms with van der Waals surface area (Å²) in [5.74, 6) is -1.61. The molecule has 0 heterocycles. The van der Waals surface area contributed by atoms with Crippen molar-refractivity contribution in [3.8, 4) is 0 Å². The topological polar surface area (TPSA) is 86.6 Å². The van der Waals surface area contributed by atoms with E-state index in [1.54, 1.807) is 0 Å². The molecule has 0 aromatic heterocycles. The van der Waals surface area contributed by atoms with E-state index >= 15 is 0 Å². The van der Waals surface area contributed by atoms with Gasteiger partial charge in [0.2, 0.25) is 5.91 Å². The van der Waals surface area contributed by atoms with Crippen LogP contribution in [-0.4, -0.2) is 34.7 Å². The Morgan fingerprint density at radius 1 is 1.24 bits per heavy atom. The molecule has 17 heavy (non-hydrogen) atoms. The summed E-state index contributed by atoms with van der Waals surface area (Å²) in [4.78, 5) is 22.0. The van der Waals surface area contributed by atoms with Gasteiger partial charge in [0.15, 0.2) is 0 Å². The molecule has 1 rings (SSSR count). The third-order valence-electron chi connectivity index (χ3n) is 2.30. The van der Waals surface area contributed by atoms with Crippen LogP contribution >= 0.6 is 0 Å². The van der Waals surface area contributed by atoms with Gasteiger partial charge in [-0.2, -0.15) is 0 Å². The molecule has 5 nitrogen and oxygen atoms in total. The van der Waals surface area contributed by atoms with Gasteiger partial charge in [-0.1, -0.05) is 30.3 Å². The van der Waals surface area contributed by atoms with Gasteiger partial charge in [-0.25, -0.2) is 4.79 Å². The summed E-state index contributed by atoms with van der Waals surface area (Å²) < 4.78 is 0. The number of nitrogens with one attached hydrogen (secondary N) is 1. The number of aliphatic carboxylic acids is 1. The highest BCUT2D eigenvalue weighted by atomic mass is 16.4. The molecule has 1 amide bonds. The van der Waals surface area contributed by atoms with E-state index in [-0.39, 0.29) is 12.3 Å². The van der Waals surface area contributed by atoms with Crippen molar-refractivity contribution in [1.29, 1.82) is 0 Å². The molecule has 1 aromatic carbocycles. The largest absolute Gasteiger partial charge is 0.480 e. The summed E-state index contributed by atoms with van der Waals surface area (Å²) in [5, 5.41) is 19.6. The summed E-state index contributed by atoms with van der Waals surface area (Å²) in [7, 11) is 0. The second-order valence-electron chi connectivity index (χ2n) is 3.63. The van der Waals surface area contributed by atoms with Crippen molar-refractivity contribution >= 4 is 11.9 Å². The number of aryl methyl sites for hydroxylation is 1. The van der Waals surface area contributed by atoms with Crippen LogP contribution in [-0.2, 0) is 16.0 Å². The first kappa shape index (κ1) is 13.2. The van der Waals surface area contributed by atoms with Gasteiger partial charge in [-0.05, 0) is 12.0 Å². The minimum absolute atomic E-state index is 0.202. The quantitative estimate of drug-likeness (QED) is 0.658. The van der Waals surface area contributed by atoms with Gasteiger partial charge in [0.05, 0.1) is 6.61 Å². The molecular formula is C12H15NO4. The molecule has 0 radical (unpaired) electrons. The molecule has 0 aliphatic heterocycles. The zero-order chi connectivity index (χ0) is 12.7. The summed E-state index contributed by atoms with van der Waals surface area (Å²) in [5.41, 5.74) is 1.01. The van der Waals surface area contributed by atoms with Crippen LogP contribution in [0.1, 0.15) is 12.0 Å². The molecule has 0 fully saturated rings. The average molecular weight is 237 g/mol. The van der Waals surface area contributed by atoms with Gasteiger partial charge in [-0.3, -0.25) is 4.79 Å². The zero-order valence-electron chi connectivity index (χ0n) is 9.30. The summed E-state index contributed by atoms with van der Waals surface area (Å²) in [6, 6.07) is 8.21. The van der Waals surface area contributed by atoms with Crippen LogP contribution in [0.15, 0.2) is 30.3 Å². The summed E-state index contributed by atoms with van der Waals surface area (Å²) in [6.45, 7) is -0.605. The number of hydrogen-bond donors (Lipinski definition) is 3. The average Bonchev–Trinajstić information content (AvgIpc) is 2.34. The SMILES string of the molecule is O=C(CCc1ccccc1)N[C@H](CO)C(=O)O. The standard InChI is InChI=1S/C12H15NO4/c14-8-10(12(16)17)13-11(15)7-6-9-4-2-1-3-5-9/h1-5,10,14H,6-8H2,(H,13,15)(H,16,17)/t10-/m1/s1. The highest BCUT2D eigenvalue weighted by molar-refractivity contribution is 5.83. The van der Waals surface area contributed by atoms with Gasteiger partial charge in [0, 0.05) is 6.42 Å². The molecular weight excluding hydrogens is 222 g/mol. The van der Waals surface area contributed by atoms with Gasteiger partial charge in [0.1, 0.15) is 6.04 Å². The van der Waals surface area contributed by atoms with Gasteiger partial charge >= 0.3 is 5.97 Å². The fourth-order valence-electron chi connectivity index (χ4n) is 1.35. The number of carbonyl (C=O) groups excluding carboxylic acids is 1. The second-order valence-corrected chi connectivity index (χ2v) is 3.63. The van der Waals surface area contributed by atoms with Gasteiger partial charge < -0.3 is 15.5 Å². The van der Waals surface area contributed by atoms with Crippen molar-refractivity contribution in [2.24, 2.45) is 0 Å². The third kappa shape index (κ3) is 4.65. The first-order chi connectivity index (χ1) is 8.13. The molecule has 1 atom stereocenters. The van der Waals surface area contributed by atoms with Crippen molar-refractivity contribution in [3.05, 3.63) is 35.9 Å². The number of carboxylic acid groups (broad SMARTS) is 1. The summed E-state index contributed by atoms with van der Waals surface area (Å²) in [6.07, 6.45) is 0.748. The van der Waals surface area contributed by atoms with E-state index < -0.39 is 18.6 Å². The van der Waals surface area contributed by atoms with Crippen molar-refractivity contribution < 1.29 is 19.8 Å². The van der Waals surface area contributed by atoms with E-state index in [1.807, 2.05) is 30.3 Å². The number of carboxylic acids is 1. The number of benzene rings is 1. The Hall–Kier alpha value is -1.88. The molecule has 0 saturated heterocycles. The normalized spacial score (nSPS) is 11.8. The van der Waals surface area contributed by atoms with E-state index in [0.29, 0.717) is 6.42 Å². The Kier molecular flexibility index (Phi) is 5.16. The number of aliphatic hydroxyl groups excluding tert-OH is 1. The number of aliphatic hydroxyl groups is 1. The Bertz CT molecular complexity index is 377. The Morgan fingerprint density at radius 3 is 2.41 bits per heavy atom. The number of amides is 1. The van der Waals surface area contributed by atoms with E-state index in [2.05, 4.69) is 5.32 Å². The molecule has 3 N–H and O–H groups in total. The third-order valence-corrected chi connectivity index (χ3v) is 2.30. The van der Waals surface area contributed by atoms with Crippen molar-refractivity contribution in [2.75, 3.05) is 6.61 Å². The molecule has 0 aliphatic carbocycles. The highest BCUT2D eigenvalue weighted by Gasteiger charge is 2.18. The van der Waals surface area contributed by atoms with Crippen LogP contribution in [0.3, 0.4) is 0 Å². The molecule has 0 bridgehead atoms. The predicted octanol–water partition coefficient (Wildman–Crippen LogP) is 0.181. The monoisotopic (exact) mass is 237 g/mol. The molecule has 0 aliphatic rings. The minimum Gasteiger partial charge on any atom is -0.480 e. The molecule has 1 aromatic rings. The van der Waals surface area contributed by atoms with Crippen LogP contribution in [0.4, 0.5) is 0 Å². The lowest BCUT2D eigenvalue weighted by Gasteiger charge is -2.11. The lowest BCUT2D eigenvalue weighted by Crippen LogP contribution is -2.43. The van der Waals surface area contributed by atoms with Crippen LogP contribution in [0, 0.1) is 0 Å². The van der Waals surface area contributed by atoms with Crippen molar-refractivity contribution in [3.63, 3.8) is 0 Å². The summed E-state index contributed by atoms with van der Waals surface area (Å²) >= 11 is 0. The van der Waals surface area contributed by atoms with Gasteiger partial charge in [0.25, 0.3) is 0 Å². The first-order valence-corrected chi connectivity index (χ1v) is 5.30. The van der Waals surface area contributed by atoms with Crippen LogP contribution < -0.4 is 5.32 Å². The first-order valence-electron chi connectivity index (χ1n) is 5.30. The highest BCUT2D eigenvalue weighted by Crippen LogP contribution is 2.02. The van der Waals surface area contributed by atoms with Crippen molar-refractivity contribution in [1.82, 2.24) is 5.32 Å². The molecule has 0 spiro atoms. The maximum atomic E-state index is 11.4. The Labute approximate surface area is 99.1 Å². The number of hydrogen-bond acceptors (Lipinski definition) is 3. The molecule has 92 valence electrons. The van der Waals surface area contributed by atoms with E-state index in [0.717, 1.165) is 5.56 Å². The zero-order valence-corrected chi connectivity index (χ0v) is 9.30. The predicted molar refractivity (Wildman–Crippen MR) is 61.4 cm³/mol. The number of carbonyl (C=O) groups is 2. The lowest BCUT2D eigenvalue weighted by molar-refractivity contribution is -0.142. The van der Waals surface area contributed by atoms with Crippen LogP contribution in [0.25, 0.3) is 0 Å². The maximum Gasteiger partial charge on any atom is 0.328 e. The fourth-order valence-corrected chi connectivity index (χ4v) is 1.35. The van der Waals surface area contributed by atoms with Crippen LogP contribution in [0.2, 0.25) is 0 Å². The second kappa shape index (κ2) is 6.65. The molecule has 0 unspecified atom stereocenters. The Balaban J connectivity index is 2.37. The van der Waals surface area contributed by atoms with Gasteiger partial charge in [-0.15, -0.1) is 0 Å². The smallest absolute Gasteiger partial charge is 0.328 e. The minimum atomic E-state index is -1.24. The lowest BCUT2D eigenvalue weighted by atomic mass is 10.1.